The Bertz CT molecular complexity index is 783. The van der Waals surface area contributed by atoms with Gasteiger partial charge in [-0.15, -0.1) is 11.8 Å². The quantitative estimate of drug-likeness (QED) is 0.802. The standard InChI is InChI=1S/C18H19FN2O3S/c1-21(18(23)12-8-9-15(24-2)13(19)10-12)11-17(22)20-14-6-4-5-7-16(14)25-3/h4-10H,11H2,1-3H3,(H,20,22). The molecule has 2 amide bonds. The zero-order valence-corrected chi connectivity index (χ0v) is 15.0. The minimum absolute atomic E-state index is 0.0608. The molecular weight excluding hydrogens is 343 g/mol. The van der Waals surface area contributed by atoms with Gasteiger partial charge in [-0.1, -0.05) is 12.1 Å². The van der Waals surface area contributed by atoms with Gasteiger partial charge in [-0.05, 0) is 36.6 Å². The summed E-state index contributed by atoms with van der Waals surface area (Å²) < 4.78 is 18.6. The highest BCUT2D eigenvalue weighted by Gasteiger charge is 2.17. The monoisotopic (exact) mass is 362 g/mol. The van der Waals surface area contributed by atoms with Gasteiger partial charge < -0.3 is 15.0 Å². The minimum atomic E-state index is -0.625. The number of thioether (sulfide) groups is 1. The van der Waals surface area contributed by atoms with E-state index >= 15 is 0 Å². The Morgan fingerprint density at radius 1 is 1.24 bits per heavy atom. The fraction of sp³-hybridized carbons (Fsp3) is 0.222. The Labute approximate surface area is 150 Å². The molecule has 132 valence electrons. The Hall–Kier alpha value is -2.54. The average Bonchev–Trinajstić information content (AvgIpc) is 2.61. The van der Waals surface area contributed by atoms with Crippen LogP contribution in [0.2, 0.25) is 0 Å². The summed E-state index contributed by atoms with van der Waals surface area (Å²) in [5, 5.41) is 2.78. The molecule has 0 bridgehead atoms. The van der Waals surface area contributed by atoms with Crippen molar-refractivity contribution in [2.24, 2.45) is 0 Å². The lowest BCUT2D eigenvalue weighted by molar-refractivity contribution is -0.116. The van der Waals surface area contributed by atoms with Crippen molar-refractivity contribution in [1.82, 2.24) is 4.90 Å². The maximum Gasteiger partial charge on any atom is 0.254 e. The van der Waals surface area contributed by atoms with Crippen molar-refractivity contribution < 1.29 is 18.7 Å². The van der Waals surface area contributed by atoms with E-state index < -0.39 is 11.7 Å². The number of nitrogens with zero attached hydrogens (tertiary/aromatic N) is 1. The van der Waals surface area contributed by atoms with Crippen LogP contribution >= 0.6 is 11.8 Å². The fourth-order valence-electron chi connectivity index (χ4n) is 2.24. The molecule has 0 spiro atoms. The second-order valence-electron chi connectivity index (χ2n) is 5.26. The molecular formula is C18H19FN2O3S. The van der Waals surface area contributed by atoms with Crippen molar-refractivity contribution in [3.8, 4) is 5.75 Å². The topological polar surface area (TPSA) is 58.6 Å². The molecule has 0 aliphatic rings. The highest BCUT2D eigenvalue weighted by atomic mass is 32.2. The minimum Gasteiger partial charge on any atom is -0.494 e. The molecule has 2 rings (SSSR count). The normalized spacial score (nSPS) is 10.2. The molecule has 0 aromatic heterocycles. The van der Waals surface area contributed by atoms with Gasteiger partial charge in [-0.25, -0.2) is 4.39 Å². The predicted octanol–water partition coefficient (Wildman–Crippen LogP) is 3.27. The number of benzene rings is 2. The number of ether oxygens (including phenoxy) is 1. The molecule has 25 heavy (non-hydrogen) atoms. The van der Waals surface area contributed by atoms with E-state index in [4.69, 9.17) is 4.74 Å². The van der Waals surface area contributed by atoms with Gasteiger partial charge >= 0.3 is 0 Å². The van der Waals surface area contributed by atoms with Crippen LogP contribution in [0.5, 0.6) is 5.75 Å². The zero-order chi connectivity index (χ0) is 18.4. The van der Waals surface area contributed by atoms with Crippen LogP contribution in [0.3, 0.4) is 0 Å². The third-order valence-electron chi connectivity index (χ3n) is 3.51. The molecule has 0 heterocycles. The third kappa shape index (κ3) is 4.73. The molecule has 0 fully saturated rings. The van der Waals surface area contributed by atoms with Crippen LogP contribution in [-0.4, -0.2) is 43.7 Å². The molecule has 0 aliphatic heterocycles. The number of methoxy groups -OCH3 is 1. The van der Waals surface area contributed by atoms with Crippen molar-refractivity contribution >= 4 is 29.3 Å². The second kappa shape index (κ2) is 8.53. The summed E-state index contributed by atoms with van der Waals surface area (Å²) in [4.78, 5) is 26.7. The van der Waals surface area contributed by atoms with E-state index in [-0.39, 0.29) is 23.8 Å². The van der Waals surface area contributed by atoms with Crippen LogP contribution in [0, 0.1) is 5.82 Å². The number of carbonyl (C=O) groups excluding carboxylic acids is 2. The maximum absolute atomic E-state index is 13.7. The lowest BCUT2D eigenvalue weighted by atomic mass is 10.2. The van der Waals surface area contributed by atoms with Gasteiger partial charge in [0, 0.05) is 17.5 Å². The van der Waals surface area contributed by atoms with Crippen LogP contribution in [-0.2, 0) is 4.79 Å². The van der Waals surface area contributed by atoms with Gasteiger partial charge in [-0.3, -0.25) is 9.59 Å². The van der Waals surface area contributed by atoms with Crippen LogP contribution in [0.1, 0.15) is 10.4 Å². The summed E-state index contributed by atoms with van der Waals surface area (Å²) in [5.74, 6) is -1.34. The summed E-state index contributed by atoms with van der Waals surface area (Å²) in [7, 11) is 2.84. The molecule has 2 aromatic rings. The van der Waals surface area contributed by atoms with E-state index in [1.165, 1.54) is 43.0 Å². The predicted molar refractivity (Wildman–Crippen MR) is 96.8 cm³/mol. The maximum atomic E-state index is 13.7. The molecule has 0 saturated carbocycles. The number of rotatable bonds is 6. The summed E-state index contributed by atoms with van der Waals surface area (Å²) in [5.41, 5.74) is 0.842. The number of hydrogen-bond acceptors (Lipinski definition) is 4. The van der Waals surface area contributed by atoms with Crippen LogP contribution in [0.15, 0.2) is 47.4 Å². The molecule has 0 saturated heterocycles. The van der Waals surface area contributed by atoms with Crippen LogP contribution in [0.4, 0.5) is 10.1 Å². The van der Waals surface area contributed by atoms with Crippen molar-refractivity contribution in [3.05, 3.63) is 53.8 Å². The number of nitrogens with one attached hydrogen (secondary N) is 1. The number of amides is 2. The van der Waals surface area contributed by atoms with Gasteiger partial charge in [0.15, 0.2) is 11.6 Å². The van der Waals surface area contributed by atoms with Gasteiger partial charge in [-0.2, -0.15) is 0 Å². The largest absolute Gasteiger partial charge is 0.494 e. The number of carbonyl (C=O) groups is 2. The molecule has 0 radical (unpaired) electrons. The van der Waals surface area contributed by atoms with Crippen molar-refractivity contribution in [2.75, 3.05) is 32.3 Å². The molecule has 1 N–H and O–H groups in total. The first-order chi connectivity index (χ1) is 12.0. The van der Waals surface area contributed by atoms with E-state index in [9.17, 15) is 14.0 Å². The van der Waals surface area contributed by atoms with E-state index in [1.807, 2.05) is 24.5 Å². The Balaban J connectivity index is 2.03. The van der Waals surface area contributed by atoms with E-state index in [0.717, 1.165) is 11.0 Å². The molecule has 2 aromatic carbocycles. The van der Waals surface area contributed by atoms with Crippen LogP contribution in [0.25, 0.3) is 0 Å². The summed E-state index contributed by atoms with van der Waals surface area (Å²) >= 11 is 1.52. The van der Waals surface area contributed by atoms with E-state index in [2.05, 4.69) is 5.32 Å². The number of para-hydroxylation sites is 1. The fourth-order valence-corrected chi connectivity index (χ4v) is 2.80. The van der Waals surface area contributed by atoms with Crippen molar-refractivity contribution in [3.63, 3.8) is 0 Å². The zero-order valence-electron chi connectivity index (χ0n) is 14.2. The van der Waals surface area contributed by atoms with Gasteiger partial charge in [0.1, 0.15) is 0 Å². The lowest BCUT2D eigenvalue weighted by Gasteiger charge is -2.18. The molecule has 0 atom stereocenters. The van der Waals surface area contributed by atoms with E-state index in [0.29, 0.717) is 5.69 Å². The number of anilines is 1. The smallest absolute Gasteiger partial charge is 0.254 e. The second-order valence-corrected chi connectivity index (χ2v) is 6.11. The molecule has 5 nitrogen and oxygen atoms in total. The molecule has 7 heteroatoms. The summed E-state index contributed by atoms with van der Waals surface area (Å²) in [6.45, 7) is -0.144. The van der Waals surface area contributed by atoms with Gasteiger partial charge in [0.25, 0.3) is 5.91 Å². The first-order valence-electron chi connectivity index (χ1n) is 7.48. The highest BCUT2D eigenvalue weighted by molar-refractivity contribution is 7.98. The Morgan fingerprint density at radius 3 is 2.60 bits per heavy atom. The molecule has 0 aliphatic carbocycles. The van der Waals surface area contributed by atoms with Gasteiger partial charge in [0.2, 0.25) is 5.91 Å². The number of hydrogen-bond donors (Lipinski definition) is 1. The Morgan fingerprint density at radius 2 is 1.96 bits per heavy atom. The SMILES string of the molecule is COc1ccc(C(=O)N(C)CC(=O)Nc2ccccc2SC)cc1F. The summed E-state index contributed by atoms with van der Waals surface area (Å²) in [6.07, 6.45) is 1.92. The summed E-state index contributed by atoms with van der Waals surface area (Å²) in [6, 6.07) is 11.3. The number of halogens is 1. The lowest BCUT2D eigenvalue weighted by Crippen LogP contribution is -2.35. The van der Waals surface area contributed by atoms with Gasteiger partial charge in [0.05, 0.1) is 19.3 Å². The van der Waals surface area contributed by atoms with Crippen molar-refractivity contribution in [1.29, 1.82) is 0 Å². The first-order valence-corrected chi connectivity index (χ1v) is 8.70. The van der Waals surface area contributed by atoms with Crippen molar-refractivity contribution in [2.45, 2.75) is 4.90 Å². The third-order valence-corrected chi connectivity index (χ3v) is 4.30. The first kappa shape index (κ1) is 18.8. The molecule has 0 unspecified atom stereocenters. The number of likely N-dealkylation sites (N-methyl/N-ethyl adjacent to an activating group) is 1. The highest BCUT2D eigenvalue weighted by Crippen LogP contribution is 2.24. The van der Waals surface area contributed by atoms with E-state index in [1.54, 1.807) is 6.07 Å². The van der Waals surface area contributed by atoms with Crippen LogP contribution < -0.4 is 10.1 Å². The average molecular weight is 362 g/mol. The Kier molecular flexibility index (Phi) is 6.41.